The molecule has 0 radical (unpaired) electrons. The van der Waals surface area contributed by atoms with E-state index in [1.54, 1.807) is 0 Å². The summed E-state index contributed by atoms with van der Waals surface area (Å²) < 4.78 is 0. The summed E-state index contributed by atoms with van der Waals surface area (Å²) in [6.07, 6.45) is 4.41. The summed E-state index contributed by atoms with van der Waals surface area (Å²) in [4.78, 5) is 0. The first-order chi connectivity index (χ1) is 4.20. The zero-order valence-electron chi connectivity index (χ0n) is 6.70. The zero-order valence-corrected chi connectivity index (χ0v) is 6.70. The van der Waals surface area contributed by atoms with Gasteiger partial charge in [-0.05, 0) is 26.7 Å². The van der Waals surface area contributed by atoms with Crippen LogP contribution >= 0.6 is 0 Å². The average molecular weight is 124 g/mol. The van der Waals surface area contributed by atoms with E-state index >= 15 is 0 Å². The van der Waals surface area contributed by atoms with E-state index in [1.807, 2.05) is 0 Å². The Balaban J connectivity index is 3.71. The number of hydrogen-bond acceptors (Lipinski definition) is 0. The van der Waals surface area contributed by atoms with E-state index in [-0.39, 0.29) is 0 Å². The van der Waals surface area contributed by atoms with Crippen LogP contribution in [0.4, 0.5) is 0 Å². The fourth-order valence-electron chi connectivity index (χ4n) is 0.819. The van der Waals surface area contributed by atoms with E-state index in [0.29, 0.717) is 0 Å². The summed E-state index contributed by atoms with van der Waals surface area (Å²) >= 11 is 0. The molecule has 0 amide bonds. The predicted molar refractivity (Wildman–Crippen MR) is 43.5 cm³/mol. The van der Waals surface area contributed by atoms with Crippen molar-refractivity contribution in [1.82, 2.24) is 0 Å². The lowest BCUT2D eigenvalue weighted by molar-refractivity contribution is 0.988. The Morgan fingerprint density at radius 3 is 2.22 bits per heavy atom. The summed E-state index contributed by atoms with van der Waals surface area (Å²) in [6.45, 7) is 10.2. The van der Waals surface area contributed by atoms with Gasteiger partial charge >= 0.3 is 0 Å². The van der Waals surface area contributed by atoms with Crippen molar-refractivity contribution in [2.75, 3.05) is 0 Å². The third-order valence-electron chi connectivity index (χ3n) is 1.39. The molecule has 0 saturated carbocycles. The lowest BCUT2D eigenvalue weighted by Gasteiger charge is -2.00. The monoisotopic (exact) mass is 124 g/mol. The van der Waals surface area contributed by atoms with E-state index in [0.717, 1.165) is 12.8 Å². The molecule has 0 aromatic carbocycles. The van der Waals surface area contributed by atoms with Crippen molar-refractivity contribution >= 4 is 0 Å². The van der Waals surface area contributed by atoms with Crippen molar-refractivity contribution in [1.29, 1.82) is 0 Å². The molecule has 0 heteroatoms. The first-order valence-corrected chi connectivity index (χ1v) is 3.49. The molecule has 0 saturated heterocycles. The summed E-state index contributed by atoms with van der Waals surface area (Å²) in [5, 5.41) is 0. The number of rotatable bonds is 3. The van der Waals surface area contributed by atoms with Crippen LogP contribution in [0.3, 0.4) is 0 Å². The highest BCUT2D eigenvalue weighted by Crippen LogP contribution is 2.10. The number of allylic oxidation sites excluding steroid dienone is 3. The van der Waals surface area contributed by atoms with Gasteiger partial charge in [-0.15, -0.1) is 0 Å². The van der Waals surface area contributed by atoms with Gasteiger partial charge in [0.2, 0.25) is 0 Å². The summed E-state index contributed by atoms with van der Waals surface area (Å²) in [6, 6.07) is 0. The topological polar surface area (TPSA) is 0 Å². The molecular formula is C9H16. The zero-order chi connectivity index (χ0) is 7.28. The highest BCUT2D eigenvalue weighted by atomic mass is 14.0. The van der Waals surface area contributed by atoms with Crippen molar-refractivity contribution in [3.05, 3.63) is 23.8 Å². The van der Waals surface area contributed by atoms with E-state index in [2.05, 4.69) is 33.4 Å². The Kier molecular flexibility index (Phi) is 4.12. The van der Waals surface area contributed by atoms with Gasteiger partial charge in [0.1, 0.15) is 0 Å². The highest BCUT2D eigenvalue weighted by molar-refractivity contribution is 5.09. The van der Waals surface area contributed by atoms with Gasteiger partial charge in [-0.3, -0.25) is 0 Å². The van der Waals surface area contributed by atoms with Crippen LogP contribution < -0.4 is 0 Å². The lowest BCUT2D eigenvalue weighted by Crippen LogP contribution is -1.80. The average Bonchev–Trinajstić information content (AvgIpc) is 1.82. The van der Waals surface area contributed by atoms with Crippen LogP contribution in [0.2, 0.25) is 0 Å². The van der Waals surface area contributed by atoms with Crippen molar-refractivity contribution in [2.24, 2.45) is 0 Å². The Bertz CT molecular complexity index is 118. The Morgan fingerprint density at radius 2 is 2.11 bits per heavy atom. The standard InChI is InChI=1S/C9H16/c1-5-9(6-2)7-8(3)4/h5H,3,6-7H2,1-2,4H3. The maximum absolute atomic E-state index is 3.85. The fraction of sp³-hybridized carbons (Fsp3) is 0.556. The Labute approximate surface area is 58.3 Å². The molecule has 0 aliphatic carbocycles. The van der Waals surface area contributed by atoms with Crippen LogP contribution in [0.15, 0.2) is 23.8 Å². The van der Waals surface area contributed by atoms with E-state index < -0.39 is 0 Å². The van der Waals surface area contributed by atoms with E-state index in [9.17, 15) is 0 Å². The lowest BCUT2D eigenvalue weighted by atomic mass is 10.1. The molecule has 0 unspecified atom stereocenters. The van der Waals surface area contributed by atoms with Crippen molar-refractivity contribution < 1.29 is 0 Å². The first-order valence-electron chi connectivity index (χ1n) is 3.49. The molecule has 0 N–H and O–H groups in total. The maximum Gasteiger partial charge on any atom is -0.0114 e. The normalized spacial score (nSPS) is 11.7. The second-order valence-corrected chi connectivity index (χ2v) is 2.43. The van der Waals surface area contributed by atoms with Gasteiger partial charge in [-0.2, -0.15) is 0 Å². The summed E-state index contributed by atoms with van der Waals surface area (Å²) in [5.74, 6) is 0. The van der Waals surface area contributed by atoms with Gasteiger partial charge in [-0.25, -0.2) is 0 Å². The summed E-state index contributed by atoms with van der Waals surface area (Å²) in [7, 11) is 0. The second-order valence-electron chi connectivity index (χ2n) is 2.43. The van der Waals surface area contributed by atoms with Crippen molar-refractivity contribution in [3.8, 4) is 0 Å². The number of hydrogen-bond donors (Lipinski definition) is 0. The van der Waals surface area contributed by atoms with Crippen molar-refractivity contribution in [3.63, 3.8) is 0 Å². The second kappa shape index (κ2) is 4.37. The quantitative estimate of drug-likeness (QED) is 0.506. The van der Waals surface area contributed by atoms with Crippen LogP contribution in [0, 0.1) is 0 Å². The summed E-state index contributed by atoms with van der Waals surface area (Å²) in [5.41, 5.74) is 2.74. The molecule has 0 rings (SSSR count). The van der Waals surface area contributed by atoms with Crippen LogP contribution in [0.5, 0.6) is 0 Å². The van der Waals surface area contributed by atoms with Crippen LogP contribution in [-0.4, -0.2) is 0 Å². The maximum atomic E-state index is 3.85. The molecule has 0 aliphatic rings. The van der Waals surface area contributed by atoms with Crippen molar-refractivity contribution in [2.45, 2.75) is 33.6 Å². The molecular weight excluding hydrogens is 108 g/mol. The minimum Gasteiger partial charge on any atom is -0.0998 e. The molecule has 0 aliphatic heterocycles. The largest absolute Gasteiger partial charge is 0.0998 e. The van der Waals surface area contributed by atoms with Gasteiger partial charge in [-0.1, -0.05) is 30.7 Å². The highest BCUT2D eigenvalue weighted by Gasteiger charge is 1.90. The van der Waals surface area contributed by atoms with Gasteiger partial charge in [0.25, 0.3) is 0 Å². The molecule has 0 nitrogen and oxygen atoms in total. The molecule has 52 valence electrons. The minimum atomic E-state index is 1.08. The Morgan fingerprint density at radius 1 is 1.56 bits per heavy atom. The van der Waals surface area contributed by atoms with E-state index in [4.69, 9.17) is 0 Å². The van der Waals surface area contributed by atoms with Crippen LogP contribution in [-0.2, 0) is 0 Å². The predicted octanol–water partition coefficient (Wildman–Crippen LogP) is 3.31. The molecule has 0 heterocycles. The van der Waals surface area contributed by atoms with Gasteiger partial charge < -0.3 is 0 Å². The molecule has 0 aromatic rings. The third kappa shape index (κ3) is 4.01. The molecule has 0 aromatic heterocycles. The molecule has 0 fully saturated rings. The first kappa shape index (κ1) is 8.48. The van der Waals surface area contributed by atoms with Gasteiger partial charge in [0, 0.05) is 0 Å². The Hall–Kier alpha value is -0.520. The van der Waals surface area contributed by atoms with E-state index in [1.165, 1.54) is 11.1 Å². The molecule has 9 heavy (non-hydrogen) atoms. The van der Waals surface area contributed by atoms with Gasteiger partial charge in [0.05, 0.1) is 0 Å². The molecule has 0 atom stereocenters. The third-order valence-corrected chi connectivity index (χ3v) is 1.39. The van der Waals surface area contributed by atoms with Crippen LogP contribution in [0.25, 0.3) is 0 Å². The SMILES string of the molecule is C=C(C)CC(=CC)CC. The van der Waals surface area contributed by atoms with Gasteiger partial charge in [0.15, 0.2) is 0 Å². The smallest absolute Gasteiger partial charge is 0.0114 e. The molecule has 0 bridgehead atoms. The van der Waals surface area contributed by atoms with Crippen LogP contribution in [0.1, 0.15) is 33.6 Å². The molecule has 0 spiro atoms. The minimum absolute atomic E-state index is 1.08. The fourth-order valence-corrected chi connectivity index (χ4v) is 0.819.